The van der Waals surface area contributed by atoms with Crippen LogP contribution in [-0.2, 0) is 4.79 Å². The molecule has 0 fully saturated rings. The van der Waals surface area contributed by atoms with E-state index in [4.69, 9.17) is 0 Å². The van der Waals surface area contributed by atoms with E-state index in [0.29, 0.717) is 22.1 Å². The molecule has 1 aliphatic rings. The van der Waals surface area contributed by atoms with Gasteiger partial charge in [-0.15, -0.1) is 10.2 Å². The number of thioether (sulfide) groups is 1. The number of aromatic nitrogens is 2. The lowest BCUT2D eigenvalue weighted by Gasteiger charge is -2.22. The Bertz CT molecular complexity index is 695. The van der Waals surface area contributed by atoms with E-state index in [1.165, 1.54) is 23.1 Å². The molecule has 0 saturated heterocycles. The van der Waals surface area contributed by atoms with Crippen LogP contribution < -0.4 is 0 Å². The molecule has 0 bridgehead atoms. The van der Waals surface area contributed by atoms with Crippen molar-refractivity contribution in [2.75, 3.05) is 0 Å². The summed E-state index contributed by atoms with van der Waals surface area (Å²) in [5.41, 5.74) is 1.09. The minimum absolute atomic E-state index is 0.0227. The highest BCUT2D eigenvalue weighted by atomic mass is 32.2. The van der Waals surface area contributed by atoms with Crippen LogP contribution in [0.25, 0.3) is 0 Å². The fraction of sp³-hybridized carbons (Fsp3) is 0.267. The van der Waals surface area contributed by atoms with Gasteiger partial charge in [0.1, 0.15) is 10.8 Å². The van der Waals surface area contributed by atoms with E-state index in [1.807, 2.05) is 37.3 Å². The normalized spacial score (nSPS) is 19.1. The molecule has 108 valence electrons. The first-order valence-electron chi connectivity index (χ1n) is 6.61. The number of rotatable bonds is 3. The molecule has 1 heterocycles. The maximum absolute atomic E-state index is 12.3. The van der Waals surface area contributed by atoms with Crippen LogP contribution in [0, 0.1) is 6.92 Å². The number of hydrogen-bond acceptors (Lipinski definition) is 6. The Kier molecular flexibility index (Phi) is 4.07. The molecule has 0 aliphatic heterocycles. The number of nitrogens with zero attached hydrogens (tertiary/aromatic N) is 2. The molecule has 3 rings (SSSR count). The highest BCUT2D eigenvalue weighted by molar-refractivity contribution is 8.05. The standard InChI is InChI=1S/C15H14N2O2S2/c1-9-16-17-15(20-9)21-14-12(18)7-11(8-13(14)19)10-5-3-2-4-6-10/h2-6,11,18H,7-8H2,1H3. The van der Waals surface area contributed by atoms with Crippen molar-refractivity contribution in [3.63, 3.8) is 0 Å². The van der Waals surface area contributed by atoms with E-state index < -0.39 is 0 Å². The summed E-state index contributed by atoms with van der Waals surface area (Å²) >= 11 is 2.65. The second-order valence-electron chi connectivity index (χ2n) is 4.90. The van der Waals surface area contributed by atoms with Crippen LogP contribution in [0.2, 0.25) is 0 Å². The molecule has 6 heteroatoms. The number of benzene rings is 1. The maximum atomic E-state index is 12.3. The van der Waals surface area contributed by atoms with Crippen molar-refractivity contribution in [2.45, 2.75) is 30.0 Å². The number of hydrogen-bond donors (Lipinski definition) is 1. The number of allylic oxidation sites excluding steroid dienone is 2. The number of aliphatic hydroxyl groups excluding tert-OH is 1. The number of aliphatic hydroxyl groups is 1. The zero-order valence-corrected chi connectivity index (χ0v) is 13.1. The lowest BCUT2D eigenvalue weighted by Crippen LogP contribution is -2.16. The molecule has 1 aliphatic carbocycles. The number of aryl methyl sites for hydroxylation is 1. The van der Waals surface area contributed by atoms with E-state index in [9.17, 15) is 9.90 Å². The molecule has 2 aromatic rings. The van der Waals surface area contributed by atoms with Crippen molar-refractivity contribution in [1.29, 1.82) is 0 Å². The van der Waals surface area contributed by atoms with Crippen LogP contribution in [-0.4, -0.2) is 21.1 Å². The molecule has 0 radical (unpaired) electrons. The van der Waals surface area contributed by atoms with Gasteiger partial charge in [0, 0.05) is 12.8 Å². The molecule has 0 spiro atoms. The summed E-state index contributed by atoms with van der Waals surface area (Å²) in [5, 5.41) is 19.0. The third kappa shape index (κ3) is 3.16. The van der Waals surface area contributed by atoms with Crippen LogP contribution in [0.15, 0.2) is 45.3 Å². The fourth-order valence-corrected chi connectivity index (χ4v) is 4.21. The van der Waals surface area contributed by atoms with Gasteiger partial charge in [0.2, 0.25) is 0 Å². The zero-order chi connectivity index (χ0) is 14.8. The van der Waals surface area contributed by atoms with Crippen molar-refractivity contribution in [3.8, 4) is 0 Å². The van der Waals surface area contributed by atoms with Gasteiger partial charge >= 0.3 is 0 Å². The quantitative estimate of drug-likeness (QED) is 0.931. The van der Waals surface area contributed by atoms with Gasteiger partial charge in [-0.2, -0.15) is 0 Å². The van der Waals surface area contributed by atoms with Gasteiger partial charge in [0.15, 0.2) is 10.1 Å². The summed E-state index contributed by atoms with van der Waals surface area (Å²) in [4.78, 5) is 12.7. The minimum atomic E-state index is -0.0227. The molecule has 0 saturated carbocycles. The summed E-state index contributed by atoms with van der Waals surface area (Å²) < 4.78 is 0.695. The van der Waals surface area contributed by atoms with E-state index in [-0.39, 0.29) is 17.5 Å². The Morgan fingerprint density at radius 2 is 2.00 bits per heavy atom. The van der Waals surface area contributed by atoms with Crippen molar-refractivity contribution in [3.05, 3.63) is 51.6 Å². The lowest BCUT2D eigenvalue weighted by molar-refractivity contribution is -0.115. The van der Waals surface area contributed by atoms with Gasteiger partial charge in [-0.05, 0) is 30.2 Å². The molecule has 21 heavy (non-hydrogen) atoms. The van der Waals surface area contributed by atoms with Gasteiger partial charge < -0.3 is 5.11 Å². The Hall–Kier alpha value is -1.66. The lowest BCUT2D eigenvalue weighted by atomic mass is 9.86. The predicted octanol–water partition coefficient (Wildman–Crippen LogP) is 3.85. The predicted molar refractivity (Wildman–Crippen MR) is 83.6 cm³/mol. The Morgan fingerprint density at radius 1 is 1.24 bits per heavy atom. The summed E-state index contributed by atoms with van der Waals surface area (Å²) in [6.07, 6.45) is 0.921. The summed E-state index contributed by atoms with van der Waals surface area (Å²) in [7, 11) is 0. The zero-order valence-electron chi connectivity index (χ0n) is 11.4. The first-order chi connectivity index (χ1) is 10.1. The first kappa shape index (κ1) is 14.3. The van der Waals surface area contributed by atoms with Crippen molar-refractivity contribution in [2.24, 2.45) is 0 Å². The Labute approximate surface area is 130 Å². The molecule has 1 N–H and O–H groups in total. The topological polar surface area (TPSA) is 63.1 Å². The van der Waals surface area contributed by atoms with Gasteiger partial charge in [-0.25, -0.2) is 0 Å². The summed E-state index contributed by atoms with van der Waals surface area (Å²) in [6.45, 7) is 1.87. The Balaban J connectivity index is 1.81. The van der Waals surface area contributed by atoms with Crippen LogP contribution in [0.3, 0.4) is 0 Å². The number of carbonyl (C=O) groups is 1. The molecule has 0 amide bonds. The van der Waals surface area contributed by atoms with E-state index in [2.05, 4.69) is 10.2 Å². The highest BCUT2D eigenvalue weighted by Crippen LogP contribution is 2.40. The largest absolute Gasteiger partial charge is 0.511 e. The number of Topliss-reactive ketones (excluding diaryl/α,β-unsaturated/α-hetero) is 1. The average Bonchev–Trinajstić information content (AvgIpc) is 2.89. The van der Waals surface area contributed by atoms with Crippen LogP contribution in [0.1, 0.15) is 29.3 Å². The fourth-order valence-electron chi connectivity index (χ4n) is 2.36. The SMILES string of the molecule is Cc1nnc(SC2=C(O)CC(c3ccccc3)CC2=O)s1. The molecule has 1 aromatic heterocycles. The molecular formula is C15H14N2O2S2. The molecule has 4 nitrogen and oxygen atoms in total. The minimum Gasteiger partial charge on any atom is -0.511 e. The van der Waals surface area contributed by atoms with Crippen LogP contribution in [0.4, 0.5) is 0 Å². The summed E-state index contributed by atoms with van der Waals surface area (Å²) in [6, 6.07) is 9.85. The molecule has 1 unspecified atom stereocenters. The Morgan fingerprint density at radius 3 is 2.62 bits per heavy atom. The first-order valence-corrected chi connectivity index (χ1v) is 8.25. The van der Waals surface area contributed by atoms with E-state index >= 15 is 0 Å². The van der Waals surface area contributed by atoms with E-state index in [0.717, 1.165) is 10.6 Å². The average molecular weight is 318 g/mol. The van der Waals surface area contributed by atoms with Gasteiger partial charge in [0.05, 0.1) is 4.91 Å². The van der Waals surface area contributed by atoms with Crippen molar-refractivity contribution < 1.29 is 9.90 Å². The molecular weight excluding hydrogens is 304 g/mol. The van der Waals surface area contributed by atoms with Gasteiger partial charge in [-0.1, -0.05) is 41.7 Å². The molecule has 1 atom stereocenters. The number of ketones is 1. The van der Waals surface area contributed by atoms with Crippen molar-refractivity contribution >= 4 is 28.9 Å². The van der Waals surface area contributed by atoms with Gasteiger partial charge in [-0.3, -0.25) is 4.79 Å². The van der Waals surface area contributed by atoms with E-state index in [1.54, 1.807) is 0 Å². The second-order valence-corrected chi connectivity index (χ2v) is 7.34. The van der Waals surface area contributed by atoms with Crippen LogP contribution in [0.5, 0.6) is 0 Å². The smallest absolute Gasteiger partial charge is 0.179 e. The maximum Gasteiger partial charge on any atom is 0.179 e. The monoisotopic (exact) mass is 318 g/mol. The molecule has 1 aromatic carbocycles. The van der Waals surface area contributed by atoms with Crippen LogP contribution >= 0.6 is 23.1 Å². The van der Waals surface area contributed by atoms with Gasteiger partial charge in [0.25, 0.3) is 0 Å². The third-order valence-corrected chi connectivity index (χ3v) is 5.41. The summed E-state index contributed by atoms with van der Waals surface area (Å²) in [5.74, 6) is 0.197. The number of carbonyl (C=O) groups excluding carboxylic acids is 1. The highest BCUT2D eigenvalue weighted by Gasteiger charge is 2.29. The second kappa shape index (κ2) is 5.99. The third-order valence-electron chi connectivity index (χ3n) is 3.35. The van der Waals surface area contributed by atoms with Crippen molar-refractivity contribution in [1.82, 2.24) is 10.2 Å².